The van der Waals surface area contributed by atoms with Crippen molar-refractivity contribution >= 4 is 31.9 Å². The van der Waals surface area contributed by atoms with Gasteiger partial charge in [-0.3, -0.25) is 0 Å². The average Bonchev–Trinajstić information content (AvgIpc) is 2.62. The van der Waals surface area contributed by atoms with Crippen LogP contribution < -0.4 is 4.74 Å². The first-order valence-electron chi connectivity index (χ1n) is 4.60. The quantitative estimate of drug-likeness (QED) is 0.770. The Morgan fingerprint density at radius 2 is 1.94 bits per heavy atom. The summed E-state index contributed by atoms with van der Waals surface area (Å²) in [6.45, 7) is 0. The molecule has 0 N–H and O–H groups in total. The van der Waals surface area contributed by atoms with E-state index in [-0.39, 0.29) is 11.4 Å². The Kier molecular flexibility index (Phi) is 3.67. The van der Waals surface area contributed by atoms with Crippen molar-refractivity contribution in [3.05, 3.63) is 39.8 Å². The largest absolute Gasteiger partial charge is 0.573 e. The van der Waals surface area contributed by atoms with Gasteiger partial charge in [0.25, 0.3) is 0 Å². The van der Waals surface area contributed by atoms with E-state index in [1.165, 1.54) is 29.2 Å². The van der Waals surface area contributed by atoms with Gasteiger partial charge >= 0.3 is 6.36 Å². The predicted octanol–water partition coefficient (Wildman–Crippen LogP) is 4.30. The average molecular weight is 386 g/mol. The molecule has 2 rings (SSSR count). The molecule has 8 heteroatoms. The topological polar surface area (TPSA) is 27.1 Å². The Labute approximate surface area is 117 Å². The summed E-state index contributed by atoms with van der Waals surface area (Å²) in [7, 11) is 0. The zero-order valence-electron chi connectivity index (χ0n) is 8.58. The summed E-state index contributed by atoms with van der Waals surface area (Å²) in [4.78, 5) is 3.88. The fourth-order valence-electron chi connectivity index (χ4n) is 1.34. The van der Waals surface area contributed by atoms with Gasteiger partial charge in [-0.1, -0.05) is 15.9 Å². The highest BCUT2D eigenvalue weighted by Gasteiger charge is 2.32. The molecule has 18 heavy (non-hydrogen) atoms. The maximum absolute atomic E-state index is 12.3. The molecular formula is C10H5Br2F3N2O. The fourth-order valence-corrected chi connectivity index (χ4v) is 1.99. The van der Waals surface area contributed by atoms with E-state index in [2.05, 4.69) is 41.6 Å². The van der Waals surface area contributed by atoms with Crippen LogP contribution in [0.25, 0.3) is 5.69 Å². The van der Waals surface area contributed by atoms with Gasteiger partial charge in [-0.15, -0.1) is 13.2 Å². The van der Waals surface area contributed by atoms with Crippen molar-refractivity contribution in [3.63, 3.8) is 0 Å². The number of halogens is 5. The molecular weight excluding hydrogens is 381 g/mol. The van der Waals surface area contributed by atoms with Crippen LogP contribution in [0.3, 0.4) is 0 Å². The van der Waals surface area contributed by atoms with Crippen molar-refractivity contribution in [1.29, 1.82) is 0 Å². The number of ether oxygens (including phenoxy) is 1. The third-order valence-corrected chi connectivity index (χ3v) is 2.88. The number of alkyl halides is 3. The van der Waals surface area contributed by atoms with Crippen molar-refractivity contribution in [2.24, 2.45) is 0 Å². The van der Waals surface area contributed by atoms with Gasteiger partial charge in [0.1, 0.15) is 10.9 Å². The summed E-state index contributed by atoms with van der Waals surface area (Å²) >= 11 is 6.23. The highest BCUT2D eigenvalue weighted by Crippen LogP contribution is 2.32. The van der Waals surface area contributed by atoms with Crippen LogP contribution in [-0.4, -0.2) is 15.9 Å². The number of hydrogen-bond acceptors (Lipinski definition) is 2. The minimum atomic E-state index is -4.74. The third-order valence-electron chi connectivity index (χ3n) is 1.98. The van der Waals surface area contributed by atoms with Crippen LogP contribution in [0.1, 0.15) is 0 Å². The van der Waals surface area contributed by atoms with Crippen molar-refractivity contribution in [3.8, 4) is 11.4 Å². The number of hydrogen-bond donors (Lipinski definition) is 0. The van der Waals surface area contributed by atoms with E-state index < -0.39 is 6.36 Å². The Morgan fingerprint density at radius 1 is 1.22 bits per heavy atom. The summed E-state index contributed by atoms with van der Waals surface area (Å²) < 4.78 is 43.3. The van der Waals surface area contributed by atoms with Crippen LogP contribution in [-0.2, 0) is 0 Å². The van der Waals surface area contributed by atoms with E-state index in [1.807, 2.05) is 0 Å². The Hall–Kier alpha value is -1.02. The Balaban J connectivity index is 2.47. The van der Waals surface area contributed by atoms with E-state index in [4.69, 9.17) is 0 Å². The summed E-state index contributed by atoms with van der Waals surface area (Å²) in [6, 6.07) is 4.36. The lowest BCUT2D eigenvalue weighted by Crippen LogP contribution is -2.18. The summed E-state index contributed by atoms with van der Waals surface area (Å²) in [6.07, 6.45) is -1.82. The summed E-state index contributed by atoms with van der Waals surface area (Å²) in [5.41, 5.74) is 0.244. The smallest absolute Gasteiger partial charge is 0.403 e. The van der Waals surface area contributed by atoms with Crippen molar-refractivity contribution < 1.29 is 17.9 Å². The van der Waals surface area contributed by atoms with Gasteiger partial charge in [-0.05, 0) is 34.1 Å². The molecule has 1 heterocycles. The highest BCUT2D eigenvalue weighted by atomic mass is 79.9. The lowest BCUT2D eigenvalue weighted by atomic mass is 10.3. The molecule has 0 saturated heterocycles. The molecule has 0 atom stereocenters. The molecule has 0 bridgehead atoms. The minimum absolute atomic E-state index is 0.244. The number of rotatable bonds is 2. The predicted molar refractivity (Wildman–Crippen MR) is 65.6 cm³/mol. The Morgan fingerprint density at radius 3 is 2.50 bits per heavy atom. The second-order valence-corrected chi connectivity index (χ2v) is 4.99. The van der Waals surface area contributed by atoms with E-state index in [0.29, 0.717) is 9.08 Å². The normalized spacial score (nSPS) is 11.6. The number of nitrogens with zero attached hydrogens (tertiary/aromatic N) is 2. The lowest BCUT2D eigenvalue weighted by Gasteiger charge is -2.13. The maximum atomic E-state index is 12.3. The molecule has 96 valence electrons. The molecule has 0 unspecified atom stereocenters. The van der Waals surface area contributed by atoms with Gasteiger partial charge in [0.2, 0.25) is 0 Å². The van der Waals surface area contributed by atoms with E-state index in [0.717, 1.165) is 0 Å². The van der Waals surface area contributed by atoms with E-state index >= 15 is 0 Å². The number of imidazole rings is 1. The zero-order valence-corrected chi connectivity index (χ0v) is 11.8. The van der Waals surface area contributed by atoms with Crippen LogP contribution in [0, 0.1) is 0 Å². The summed E-state index contributed by atoms with van der Waals surface area (Å²) in [5.74, 6) is -0.304. The van der Waals surface area contributed by atoms with Gasteiger partial charge in [-0.25, -0.2) is 4.98 Å². The lowest BCUT2D eigenvalue weighted by molar-refractivity contribution is -0.274. The number of aromatic nitrogens is 2. The third kappa shape index (κ3) is 3.26. The summed E-state index contributed by atoms with van der Waals surface area (Å²) in [5, 5.41) is 0. The standard InChI is InChI=1S/C10H5Br2F3N2O/c11-6-1-2-7(17-4-9(12)16-5-17)8(3-6)18-10(13,14)15/h1-5H. The van der Waals surface area contributed by atoms with Crippen LogP contribution >= 0.6 is 31.9 Å². The first kappa shape index (κ1) is 13.4. The molecule has 0 saturated carbocycles. The Bertz CT molecular complexity index is 568. The molecule has 0 aliphatic carbocycles. The molecule has 3 nitrogen and oxygen atoms in total. The van der Waals surface area contributed by atoms with Crippen LogP contribution in [0.2, 0.25) is 0 Å². The first-order chi connectivity index (χ1) is 8.35. The van der Waals surface area contributed by atoms with Gasteiger partial charge in [0.05, 0.1) is 5.69 Å². The molecule has 0 fully saturated rings. The van der Waals surface area contributed by atoms with Crippen LogP contribution in [0.15, 0.2) is 39.8 Å². The monoisotopic (exact) mass is 384 g/mol. The van der Waals surface area contributed by atoms with Crippen LogP contribution in [0.5, 0.6) is 5.75 Å². The SMILES string of the molecule is FC(F)(F)Oc1cc(Br)ccc1-n1cnc(Br)c1. The zero-order chi connectivity index (χ0) is 13.3. The van der Waals surface area contributed by atoms with Crippen molar-refractivity contribution in [2.45, 2.75) is 6.36 Å². The minimum Gasteiger partial charge on any atom is -0.403 e. The van der Waals surface area contributed by atoms with Crippen LogP contribution in [0.4, 0.5) is 13.2 Å². The molecule has 0 aliphatic heterocycles. The second-order valence-electron chi connectivity index (χ2n) is 3.26. The van der Waals surface area contributed by atoms with Gasteiger partial charge in [-0.2, -0.15) is 0 Å². The molecule has 0 amide bonds. The molecule has 1 aromatic carbocycles. The molecule has 0 aliphatic rings. The number of benzene rings is 1. The second kappa shape index (κ2) is 4.93. The van der Waals surface area contributed by atoms with Crippen molar-refractivity contribution in [1.82, 2.24) is 9.55 Å². The molecule has 0 radical (unpaired) electrons. The van der Waals surface area contributed by atoms with Gasteiger partial charge < -0.3 is 9.30 Å². The maximum Gasteiger partial charge on any atom is 0.573 e. The van der Waals surface area contributed by atoms with E-state index in [9.17, 15) is 13.2 Å². The highest BCUT2D eigenvalue weighted by molar-refractivity contribution is 9.10. The first-order valence-corrected chi connectivity index (χ1v) is 6.19. The molecule has 2 aromatic rings. The van der Waals surface area contributed by atoms with E-state index in [1.54, 1.807) is 6.07 Å². The molecule has 1 aromatic heterocycles. The van der Waals surface area contributed by atoms with Gasteiger partial charge in [0.15, 0.2) is 5.75 Å². The fraction of sp³-hybridized carbons (Fsp3) is 0.100. The van der Waals surface area contributed by atoms with Gasteiger partial charge in [0, 0.05) is 10.7 Å². The molecule has 0 spiro atoms. The van der Waals surface area contributed by atoms with Crippen molar-refractivity contribution in [2.75, 3.05) is 0 Å².